The minimum Gasteiger partial charge on any atom is -0.395 e. The lowest BCUT2D eigenvalue weighted by atomic mass is 10.1. The Morgan fingerprint density at radius 1 is 1.11 bits per heavy atom. The van der Waals surface area contributed by atoms with Gasteiger partial charge in [0.05, 0.1) is 17.7 Å². The molecule has 4 N–H and O–H groups in total. The van der Waals surface area contributed by atoms with Crippen molar-refractivity contribution in [3.05, 3.63) is 70.8 Å². The minimum atomic E-state index is -0.372. The van der Waals surface area contributed by atoms with Gasteiger partial charge in [0, 0.05) is 49.2 Å². The predicted octanol–water partition coefficient (Wildman–Crippen LogP) is 2.22. The number of nitrogens with one attached hydrogen (secondary N) is 3. The van der Waals surface area contributed by atoms with Crippen molar-refractivity contribution in [2.24, 2.45) is 4.99 Å². The van der Waals surface area contributed by atoms with Crippen LogP contribution in [-0.2, 0) is 6.54 Å². The van der Waals surface area contributed by atoms with Crippen LogP contribution in [0.4, 0.5) is 5.69 Å². The third-order valence-electron chi connectivity index (χ3n) is 5.34. The van der Waals surface area contributed by atoms with Gasteiger partial charge in [-0.15, -0.1) is 0 Å². The third-order valence-corrected chi connectivity index (χ3v) is 5.34. The molecule has 35 heavy (non-hydrogen) atoms. The van der Waals surface area contributed by atoms with Crippen LogP contribution in [0.1, 0.15) is 36.0 Å². The maximum atomic E-state index is 12.8. The molecule has 0 fully saturated rings. The van der Waals surface area contributed by atoms with Gasteiger partial charge in [-0.05, 0) is 31.0 Å². The zero-order valence-corrected chi connectivity index (χ0v) is 19.4. The molecule has 0 spiro atoms. The molecular weight excluding hydrogens is 446 g/mol. The Kier molecular flexibility index (Phi) is 9.77. The van der Waals surface area contributed by atoms with Crippen molar-refractivity contribution >= 4 is 28.5 Å². The molecule has 0 bridgehead atoms. The number of pyridine rings is 2. The lowest BCUT2D eigenvalue weighted by Gasteiger charge is -2.13. The van der Waals surface area contributed by atoms with Gasteiger partial charge >= 0.3 is 0 Å². The van der Waals surface area contributed by atoms with Crippen LogP contribution in [0.5, 0.6) is 0 Å². The molecule has 0 unspecified atom stereocenters. The fourth-order valence-electron chi connectivity index (χ4n) is 3.68. The van der Waals surface area contributed by atoms with Gasteiger partial charge in [-0.2, -0.15) is 5.26 Å². The first-order valence-electron chi connectivity index (χ1n) is 11.5. The number of nitrogens with zero attached hydrogens (tertiary/aromatic N) is 4. The van der Waals surface area contributed by atoms with E-state index in [1.807, 2.05) is 30.5 Å². The highest BCUT2D eigenvalue weighted by Gasteiger charge is 2.14. The lowest BCUT2D eigenvalue weighted by Crippen LogP contribution is -2.29. The summed E-state index contributed by atoms with van der Waals surface area (Å²) in [5, 5.41) is 26.8. The number of aliphatic hydroxyl groups is 1. The lowest BCUT2D eigenvalue weighted by molar-refractivity contribution is 0.0946. The highest BCUT2D eigenvalue weighted by atomic mass is 16.3. The van der Waals surface area contributed by atoms with E-state index in [0.717, 1.165) is 31.4 Å². The first-order chi connectivity index (χ1) is 17.1. The van der Waals surface area contributed by atoms with Crippen LogP contribution in [0, 0.1) is 11.5 Å². The number of carbonyl (C=O) groups is 1. The summed E-state index contributed by atoms with van der Waals surface area (Å²) < 4.78 is 1.70. The van der Waals surface area contributed by atoms with Crippen molar-refractivity contribution < 1.29 is 9.90 Å². The molecule has 2 aromatic heterocycles. The monoisotopic (exact) mass is 475 g/mol. The van der Waals surface area contributed by atoms with E-state index in [9.17, 15) is 9.59 Å². The van der Waals surface area contributed by atoms with Crippen LogP contribution < -0.4 is 21.5 Å². The highest BCUT2D eigenvalue weighted by molar-refractivity contribution is 6.06. The Morgan fingerprint density at radius 3 is 2.66 bits per heavy atom. The molecule has 3 rings (SSSR count). The Hall–Kier alpha value is -4.23. The molecule has 0 aliphatic carbocycles. The Labute approximate surface area is 203 Å². The molecule has 0 atom stereocenters. The van der Waals surface area contributed by atoms with Crippen LogP contribution in [0.2, 0.25) is 0 Å². The van der Waals surface area contributed by atoms with Gasteiger partial charge in [0.1, 0.15) is 0 Å². The van der Waals surface area contributed by atoms with Gasteiger partial charge in [0.25, 0.3) is 11.5 Å². The van der Waals surface area contributed by atoms with E-state index in [1.165, 1.54) is 6.07 Å². The summed E-state index contributed by atoms with van der Waals surface area (Å²) in [6, 6.07) is 12.3. The second kappa shape index (κ2) is 13.5. The summed E-state index contributed by atoms with van der Waals surface area (Å²) in [7, 11) is 0. The van der Waals surface area contributed by atoms with Gasteiger partial charge in [0.15, 0.2) is 6.19 Å². The van der Waals surface area contributed by atoms with Crippen LogP contribution in [0.15, 0.2) is 64.6 Å². The van der Waals surface area contributed by atoms with Crippen molar-refractivity contribution in [1.82, 2.24) is 20.2 Å². The quantitative estimate of drug-likeness (QED) is 0.109. The zero-order valence-electron chi connectivity index (χ0n) is 19.4. The van der Waals surface area contributed by atoms with Gasteiger partial charge in [-0.1, -0.05) is 31.0 Å². The number of nitriles is 1. The highest BCUT2D eigenvalue weighted by Crippen LogP contribution is 2.18. The summed E-state index contributed by atoms with van der Waals surface area (Å²) in [5.74, 6) is 0.0172. The van der Waals surface area contributed by atoms with Crippen LogP contribution in [0.25, 0.3) is 10.9 Å². The van der Waals surface area contributed by atoms with E-state index in [-0.39, 0.29) is 24.6 Å². The first kappa shape index (κ1) is 25.4. The Morgan fingerprint density at radius 2 is 1.89 bits per heavy atom. The van der Waals surface area contributed by atoms with E-state index in [2.05, 4.69) is 25.9 Å². The normalized spacial score (nSPS) is 11.1. The summed E-state index contributed by atoms with van der Waals surface area (Å²) in [5.41, 5.74) is 1.59. The fraction of sp³-hybridized carbons (Fsp3) is 0.320. The number of amides is 1. The summed E-state index contributed by atoms with van der Waals surface area (Å²) >= 11 is 0. The number of unbranched alkanes of at least 4 members (excludes halogenated alkanes) is 3. The molecule has 0 radical (unpaired) electrons. The van der Waals surface area contributed by atoms with Crippen molar-refractivity contribution in [1.29, 1.82) is 5.26 Å². The van der Waals surface area contributed by atoms with Gasteiger partial charge in [-0.25, -0.2) is 0 Å². The molecule has 0 saturated heterocycles. The van der Waals surface area contributed by atoms with Crippen molar-refractivity contribution in [2.45, 2.75) is 32.2 Å². The number of rotatable bonds is 11. The molecule has 0 aliphatic heterocycles. The predicted molar refractivity (Wildman–Crippen MR) is 135 cm³/mol. The van der Waals surface area contributed by atoms with E-state index in [4.69, 9.17) is 10.4 Å². The topological polar surface area (TPSA) is 144 Å². The first-order valence-corrected chi connectivity index (χ1v) is 11.5. The zero-order chi connectivity index (χ0) is 24.9. The number of aromatic nitrogens is 2. The van der Waals surface area contributed by atoms with E-state index >= 15 is 0 Å². The van der Waals surface area contributed by atoms with Gasteiger partial charge < -0.3 is 20.3 Å². The van der Waals surface area contributed by atoms with Crippen molar-refractivity contribution in [3.63, 3.8) is 0 Å². The largest absolute Gasteiger partial charge is 0.395 e. The molecule has 2 heterocycles. The minimum absolute atomic E-state index is 0.133. The van der Waals surface area contributed by atoms with Crippen LogP contribution in [-0.4, -0.2) is 46.2 Å². The maximum absolute atomic E-state index is 12.8. The van der Waals surface area contributed by atoms with E-state index < -0.39 is 0 Å². The molecule has 3 aromatic rings. The standard InChI is InChI=1S/C25H29N7O3/c26-18-30-25(31-19-9-12-27-13-10-19)29-11-5-1-2-6-15-32-22-8-4-3-7-20(22)21(17-23(32)34)24(35)28-14-16-33/h3-4,7-10,12-13,17,33H,1-2,5-6,11,14-16H2,(H,28,35)(H2,27,29,30,31). The van der Waals surface area contributed by atoms with E-state index in [1.54, 1.807) is 29.1 Å². The number of anilines is 1. The number of guanidine groups is 1. The van der Waals surface area contributed by atoms with Gasteiger partial charge in [0.2, 0.25) is 5.96 Å². The summed E-state index contributed by atoms with van der Waals surface area (Å²) in [6.45, 7) is 1.08. The molecule has 182 valence electrons. The van der Waals surface area contributed by atoms with Crippen LogP contribution in [0.3, 0.4) is 0 Å². The van der Waals surface area contributed by atoms with Crippen LogP contribution >= 0.6 is 0 Å². The number of hydrogen-bond donors (Lipinski definition) is 4. The molecule has 10 heteroatoms. The van der Waals surface area contributed by atoms with E-state index in [0.29, 0.717) is 35.5 Å². The number of hydrogen-bond acceptors (Lipinski definition) is 6. The summed E-state index contributed by atoms with van der Waals surface area (Å²) in [6.07, 6.45) is 8.67. The summed E-state index contributed by atoms with van der Waals surface area (Å²) in [4.78, 5) is 33.5. The molecular formula is C25H29N7O3. The number of benzene rings is 1. The van der Waals surface area contributed by atoms with Crippen molar-refractivity contribution in [3.8, 4) is 6.19 Å². The van der Waals surface area contributed by atoms with Crippen molar-refractivity contribution in [2.75, 3.05) is 25.0 Å². The molecule has 0 aliphatic rings. The third kappa shape index (κ3) is 7.38. The maximum Gasteiger partial charge on any atom is 0.252 e. The average molecular weight is 476 g/mol. The Bertz CT molecular complexity index is 1250. The number of carbonyl (C=O) groups excluding carboxylic acids is 1. The Balaban J connectivity index is 1.53. The van der Waals surface area contributed by atoms with Gasteiger partial charge in [-0.3, -0.25) is 24.9 Å². The second-order valence-corrected chi connectivity index (χ2v) is 7.79. The number of aliphatic imine (C=N–C) groups is 1. The number of aliphatic hydroxyl groups excluding tert-OH is 1. The molecule has 10 nitrogen and oxygen atoms in total. The molecule has 0 saturated carbocycles. The average Bonchev–Trinajstić information content (AvgIpc) is 2.88. The number of para-hydroxylation sites is 1. The second-order valence-electron chi connectivity index (χ2n) is 7.79. The SMILES string of the molecule is N#CNC(=NCCCCCCn1c(=O)cc(C(=O)NCCO)c2ccccc21)Nc1ccncc1. The number of fused-ring (bicyclic) bond motifs is 1. The number of aryl methyl sites for hydroxylation is 1. The molecule has 1 aromatic carbocycles. The smallest absolute Gasteiger partial charge is 0.252 e. The fourth-order valence-corrected chi connectivity index (χ4v) is 3.68. The molecule has 1 amide bonds.